The molecule has 0 radical (unpaired) electrons. The van der Waals surface area contributed by atoms with Crippen molar-refractivity contribution in [1.29, 1.82) is 0 Å². The highest BCUT2D eigenvalue weighted by Crippen LogP contribution is 2.20. The van der Waals surface area contributed by atoms with Crippen LogP contribution < -0.4 is 14.6 Å². The van der Waals surface area contributed by atoms with E-state index in [4.69, 9.17) is 0 Å². The molecular weight excluding hydrogens is 324 g/mol. The number of hydrogen-bond acceptors (Lipinski definition) is 3. The van der Waals surface area contributed by atoms with Crippen molar-refractivity contribution in [2.45, 2.75) is 6.42 Å². The van der Waals surface area contributed by atoms with Gasteiger partial charge in [-0.25, -0.2) is 4.57 Å². The summed E-state index contributed by atoms with van der Waals surface area (Å²) in [7, 11) is 6.00. The molecule has 2 aromatic carbocycles. The third kappa shape index (κ3) is 3.91. The Bertz CT molecular complexity index is 973. The lowest BCUT2D eigenvalue weighted by atomic mass is 10.0. The standard InChI is InChI=1S/C22H22N2O2/c1-23(2)19-11-9-16(10-12-19)7-8-17-13-20-18(14-22(25)26)5-4-6-21(20)24(3)15-17/h4-13,15H,14H2,1-3H3/b8-7+. The molecule has 0 aliphatic carbocycles. The number of pyridine rings is 1. The fourth-order valence-corrected chi connectivity index (χ4v) is 3.05. The van der Waals surface area contributed by atoms with E-state index < -0.39 is 5.97 Å². The van der Waals surface area contributed by atoms with Crippen molar-refractivity contribution in [3.63, 3.8) is 0 Å². The molecule has 4 nitrogen and oxygen atoms in total. The van der Waals surface area contributed by atoms with E-state index in [1.165, 1.54) is 0 Å². The molecule has 0 bridgehead atoms. The van der Waals surface area contributed by atoms with E-state index in [1.807, 2.05) is 62.2 Å². The minimum atomic E-state index is -1.07. The van der Waals surface area contributed by atoms with Gasteiger partial charge in [0.1, 0.15) is 7.05 Å². The maximum atomic E-state index is 11.0. The molecule has 0 atom stereocenters. The van der Waals surface area contributed by atoms with Crippen LogP contribution >= 0.6 is 0 Å². The molecule has 0 aliphatic rings. The monoisotopic (exact) mass is 346 g/mol. The van der Waals surface area contributed by atoms with Crippen LogP contribution in [0.1, 0.15) is 16.7 Å². The SMILES string of the molecule is CN(C)c1ccc(/C=C/c2cc3c(CC(=O)[O-])cccc3[n+](C)c2)cc1. The number of rotatable bonds is 5. The smallest absolute Gasteiger partial charge is 0.212 e. The highest BCUT2D eigenvalue weighted by Gasteiger charge is 2.10. The van der Waals surface area contributed by atoms with E-state index in [0.29, 0.717) is 0 Å². The van der Waals surface area contributed by atoms with Crippen molar-refractivity contribution < 1.29 is 14.5 Å². The Hall–Kier alpha value is -3.14. The fraction of sp³-hybridized carbons (Fsp3) is 0.182. The van der Waals surface area contributed by atoms with Gasteiger partial charge in [-0.3, -0.25) is 0 Å². The number of aromatic nitrogens is 1. The maximum absolute atomic E-state index is 11.0. The van der Waals surface area contributed by atoms with Crippen molar-refractivity contribution >= 4 is 34.7 Å². The molecule has 0 amide bonds. The van der Waals surface area contributed by atoms with Gasteiger partial charge in [-0.2, -0.15) is 0 Å². The summed E-state index contributed by atoms with van der Waals surface area (Å²) in [6, 6.07) is 16.0. The van der Waals surface area contributed by atoms with Crippen molar-refractivity contribution in [2.24, 2.45) is 7.05 Å². The van der Waals surface area contributed by atoms with Crippen molar-refractivity contribution in [1.82, 2.24) is 0 Å². The highest BCUT2D eigenvalue weighted by molar-refractivity contribution is 5.86. The van der Waals surface area contributed by atoms with Gasteiger partial charge >= 0.3 is 0 Å². The zero-order valence-corrected chi connectivity index (χ0v) is 15.3. The lowest BCUT2D eigenvalue weighted by molar-refractivity contribution is -0.645. The number of aliphatic carboxylic acids is 1. The first-order valence-electron chi connectivity index (χ1n) is 8.50. The van der Waals surface area contributed by atoms with Crippen LogP contribution in [0, 0.1) is 0 Å². The molecule has 0 saturated carbocycles. The molecule has 132 valence electrons. The molecule has 0 saturated heterocycles. The zero-order chi connectivity index (χ0) is 18.7. The van der Waals surface area contributed by atoms with Crippen LogP contribution in [0.25, 0.3) is 23.1 Å². The number of carboxylic acids is 1. The van der Waals surface area contributed by atoms with Crippen LogP contribution in [0.2, 0.25) is 0 Å². The summed E-state index contributed by atoms with van der Waals surface area (Å²) in [5, 5.41) is 12.0. The topological polar surface area (TPSA) is 47.3 Å². The Morgan fingerprint density at radius 1 is 1.08 bits per heavy atom. The van der Waals surface area contributed by atoms with Gasteiger partial charge in [0.2, 0.25) is 5.52 Å². The van der Waals surface area contributed by atoms with Gasteiger partial charge in [0.05, 0.1) is 5.39 Å². The van der Waals surface area contributed by atoms with Crippen LogP contribution in [0.3, 0.4) is 0 Å². The maximum Gasteiger partial charge on any atom is 0.212 e. The van der Waals surface area contributed by atoms with Gasteiger partial charge in [0, 0.05) is 43.8 Å². The van der Waals surface area contributed by atoms with Crippen LogP contribution in [0.5, 0.6) is 0 Å². The largest absolute Gasteiger partial charge is 0.550 e. The Labute approximate surface area is 153 Å². The predicted octanol–water partition coefficient (Wildman–Crippen LogP) is 2.19. The molecule has 4 heteroatoms. The third-order valence-corrected chi connectivity index (χ3v) is 4.42. The average Bonchev–Trinajstić information content (AvgIpc) is 2.60. The molecular formula is C22H22N2O2. The second kappa shape index (κ2) is 7.40. The Kier molecular flexibility index (Phi) is 5.03. The van der Waals surface area contributed by atoms with Crippen molar-refractivity contribution in [2.75, 3.05) is 19.0 Å². The lowest BCUT2D eigenvalue weighted by Crippen LogP contribution is -2.29. The first-order chi connectivity index (χ1) is 12.4. The molecule has 0 unspecified atom stereocenters. The molecule has 0 N–H and O–H groups in total. The molecule has 1 heterocycles. The highest BCUT2D eigenvalue weighted by atomic mass is 16.4. The van der Waals surface area contributed by atoms with E-state index in [1.54, 1.807) is 0 Å². The number of carboxylic acid groups (broad SMARTS) is 1. The second-order valence-corrected chi connectivity index (χ2v) is 6.60. The number of anilines is 1. The third-order valence-electron chi connectivity index (χ3n) is 4.42. The molecule has 3 rings (SSSR count). The Morgan fingerprint density at radius 2 is 1.77 bits per heavy atom. The zero-order valence-electron chi connectivity index (χ0n) is 15.3. The summed E-state index contributed by atoms with van der Waals surface area (Å²) in [5.74, 6) is -1.07. The summed E-state index contributed by atoms with van der Waals surface area (Å²) in [5.41, 5.74) is 5.05. The van der Waals surface area contributed by atoms with Gasteiger partial charge in [-0.1, -0.05) is 30.3 Å². The Morgan fingerprint density at radius 3 is 2.42 bits per heavy atom. The normalized spacial score (nSPS) is 11.2. The summed E-state index contributed by atoms with van der Waals surface area (Å²) < 4.78 is 2.02. The number of nitrogens with zero attached hydrogens (tertiary/aromatic N) is 2. The molecule has 1 aromatic heterocycles. The minimum Gasteiger partial charge on any atom is -0.550 e. The molecule has 3 aromatic rings. The first kappa shape index (κ1) is 17.7. The number of benzene rings is 2. The second-order valence-electron chi connectivity index (χ2n) is 6.60. The summed E-state index contributed by atoms with van der Waals surface area (Å²) in [4.78, 5) is 13.1. The molecule has 0 aliphatic heterocycles. The van der Waals surface area contributed by atoms with E-state index >= 15 is 0 Å². The van der Waals surface area contributed by atoms with Crippen molar-refractivity contribution in [3.05, 3.63) is 71.4 Å². The van der Waals surface area contributed by atoms with Gasteiger partial charge in [0.25, 0.3) is 0 Å². The lowest BCUT2D eigenvalue weighted by Gasteiger charge is -2.11. The van der Waals surface area contributed by atoms with E-state index in [2.05, 4.69) is 35.2 Å². The number of aryl methyl sites for hydroxylation is 1. The molecule has 26 heavy (non-hydrogen) atoms. The minimum absolute atomic E-state index is 0.0868. The van der Waals surface area contributed by atoms with E-state index in [-0.39, 0.29) is 6.42 Å². The van der Waals surface area contributed by atoms with Gasteiger partial charge < -0.3 is 14.8 Å². The number of carbonyl (C=O) groups is 1. The van der Waals surface area contributed by atoms with Crippen LogP contribution in [0.4, 0.5) is 5.69 Å². The van der Waals surface area contributed by atoms with Crippen molar-refractivity contribution in [3.8, 4) is 0 Å². The predicted molar refractivity (Wildman–Crippen MR) is 104 cm³/mol. The summed E-state index contributed by atoms with van der Waals surface area (Å²) in [6.07, 6.45) is 6.05. The van der Waals surface area contributed by atoms with Crippen LogP contribution in [-0.2, 0) is 18.3 Å². The first-order valence-corrected chi connectivity index (χ1v) is 8.50. The summed E-state index contributed by atoms with van der Waals surface area (Å²) in [6.45, 7) is 0. The molecule has 0 spiro atoms. The average molecular weight is 346 g/mol. The summed E-state index contributed by atoms with van der Waals surface area (Å²) >= 11 is 0. The van der Waals surface area contributed by atoms with E-state index in [9.17, 15) is 9.90 Å². The fourth-order valence-electron chi connectivity index (χ4n) is 3.05. The molecule has 0 fully saturated rings. The van der Waals surface area contributed by atoms with Gasteiger partial charge in [-0.15, -0.1) is 0 Å². The number of fused-ring (bicyclic) bond motifs is 1. The number of hydrogen-bond donors (Lipinski definition) is 0. The Balaban J connectivity index is 1.96. The number of carbonyl (C=O) groups excluding carboxylic acids is 1. The van der Waals surface area contributed by atoms with Crippen LogP contribution in [-0.4, -0.2) is 20.1 Å². The van der Waals surface area contributed by atoms with Crippen LogP contribution in [0.15, 0.2) is 54.7 Å². The van der Waals surface area contributed by atoms with Gasteiger partial charge in [-0.05, 0) is 35.4 Å². The van der Waals surface area contributed by atoms with E-state index in [0.717, 1.165) is 33.3 Å². The van der Waals surface area contributed by atoms with Gasteiger partial charge in [0.15, 0.2) is 6.20 Å². The quantitative estimate of drug-likeness (QED) is 0.666.